The average molecular weight is 247 g/mol. The third kappa shape index (κ3) is 3.09. The summed E-state index contributed by atoms with van der Waals surface area (Å²) < 4.78 is 0. The van der Waals surface area contributed by atoms with E-state index in [0.717, 1.165) is 25.2 Å². The lowest BCUT2D eigenvalue weighted by Crippen LogP contribution is -2.49. The van der Waals surface area contributed by atoms with Crippen molar-refractivity contribution in [3.05, 3.63) is 34.9 Å². The Morgan fingerprint density at radius 3 is 2.83 bits per heavy atom. The van der Waals surface area contributed by atoms with E-state index in [9.17, 15) is 4.79 Å². The molecule has 0 aliphatic carbocycles. The van der Waals surface area contributed by atoms with E-state index in [1.807, 2.05) is 0 Å². The summed E-state index contributed by atoms with van der Waals surface area (Å²) in [6, 6.07) is 6.30. The number of hydrogen-bond acceptors (Lipinski definition) is 3. The molecule has 3 N–H and O–H groups in total. The maximum Gasteiger partial charge on any atom is 0.234 e. The van der Waals surface area contributed by atoms with E-state index >= 15 is 0 Å². The van der Waals surface area contributed by atoms with Gasteiger partial charge in [0.15, 0.2) is 0 Å². The minimum absolute atomic E-state index is 0.0322. The van der Waals surface area contributed by atoms with Crippen molar-refractivity contribution < 1.29 is 4.79 Å². The molecule has 1 aliphatic heterocycles. The van der Waals surface area contributed by atoms with E-state index < -0.39 is 0 Å². The van der Waals surface area contributed by atoms with Gasteiger partial charge in [-0.05, 0) is 30.5 Å². The van der Waals surface area contributed by atoms with E-state index in [4.69, 9.17) is 5.73 Å². The van der Waals surface area contributed by atoms with Gasteiger partial charge in [-0.25, -0.2) is 0 Å². The van der Waals surface area contributed by atoms with Crippen LogP contribution in [-0.4, -0.2) is 37.0 Å². The number of nitrogens with zero attached hydrogens (tertiary/aromatic N) is 1. The van der Waals surface area contributed by atoms with Gasteiger partial charge < -0.3 is 11.1 Å². The molecule has 1 fully saturated rings. The topological polar surface area (TPSA) is 58.4 Å². The fourth-order valence-electron chi connectivity index (χ4n) is 2.23. The number of piperazine rings is 1. The highest BCUT2D eigenvalue weighted by atomic mass is 16.2. The second-order valence-electron chi connectivity index (χ2n) is 5.04. The third-order valence-corrected chi connectivity index (χ3v) is 3.53. The molecule has 4 nitrogen and oxygen atoms in total. The summed E-state index contributed by atoms with van der Waals surface area (Å²) in [5.41, 5.74) is 9.90. The molecule has 1 atom stereocenters. The Kier molecular flexibility index (Phi) is 3.99. The molecule has 0 spiro atoms. The van der Waals surface area contributed by atoms with Gasteiger partial charge in [0.1, 0.15) is 0 Å². The van der Waals surface area contributed by atoms with Gasteiger partial charge >= 0.3 is 0 Å². The van der Waals surface area contributed by atoms with Gasteiger partial charge in [0, 0.05) is 25.7 Å². The van der Waals surface area contributed by atoms with Crippen molar-refractivity contribution in [2.45, 2.75) is 19.9 Å². The van der Waals surface area contributed by atoms with Crippen LogP contribution in [0.1, 0.15) is 22.7 Å². The number of nitrogens with two attached hydrogens (primary N) is 1. The highest BCUT2D eigenvalue weighted by Gasteiger charge is 2.19. The lowest BCUT2D eigenvalue weighted by Gasteiger charge is -2.29. The molecule has 0 aromatic heterocycles. The maximum absolute atomic E-state index is 11.3. The number of aryl methyl sites for hydroxylation is 2. The fourth-order valence-corrected chi connectivity index (χ4v) is 2.23. The van der Waals surface area contributed by atoms with E-state index in [0.29, 0.717) is 6.54 Å². The quantitative estimate of drug-likeness (QED) is 0.828. The van der Waals surface area contributed by atoms with Gasteiger partial charge in [-0.15, -0.1) is 0 Å². The Hall–Kier alpha value is -1.39. The number of benzene rings is 1. The molecule has 0 bridgehead atoms. The molecule has 1 unspecified atom stereocenters. The van der Waals surface area contributed by atoms with Gasteiger partial charge in [-0.2, -0.15) is 0 Å². The second kappa shape index (κ2) is 5.50. The fraction of sp³-hybridized carbons (Fsp3) is 0.500. The van der Waals surface area contributed by atoms with Crippen molar-refractivity contribution in [1.29, 1.82) is 0 Å². The first-order chi connectivity index (χ1) is 8.56. The minimum Gasteiger partial charge on any atom is -0.354 e. The Labute approximate surface area is 108 Å². The Balaban J connectivity index is 2.00. The first-order valence-corrected chi connectivity index (χ1v) is 6.38. The zero-order chi connectivity index (χ0) is 13.1. The summed E-state index contributed by atoms with van der Waals surface area (Å²) in [6.45, 7) is 6.98. The van der Waals surface area contributed by atoms with Gasteiger partial charge in [0.2, 0.25) is 5.91 Å². The van der Waals surface area contributed by atoms with E-state index in [1.165, 1.54) is 11.1 Å². The van der Waals surface area contributed by atoms with Crippen molar-refractivity contribution in [3.8, 4) is 0 Å². The summed E-state index contributed by atoms with van der Waals surface area (Å²) in [5, 5.41) is 2.82. The van der Waals surface area contributed by atoms with Crippen molar-refractivity contribution in [1.82, 2.24) is 10.2 Å². The number of rotatable bonds is 3. The Morgan fingerprint density at radius 1 is 1.39 bits per heavy atom. The molecule has 1 aromatic carbocycles. The van der Waals surface area contributed by atoms with Crippen molar-refractivity contribution in [3.63, 3.8) is 0 Å². The van der Waals surface area contributed by atoms with Gasteiger partial charge in [-0.1, -0.05) is 18.2 Å². The van der Waals surface area contributed by atoms with Gasteiger partial charge in [0.25, 0.3) is 0 Å². The van der Waals surface area contributed by atoms with E-state index in [2.05, 4.69) is 42.3 Å². The van der Waals surface area contributed by atoms with Crippen LogP contribution in [0.4, 0.5) is 0 Å². The van der Waals surface area contributed by atoms with Crippen LogP contribution < -0.4 is 11.1 Å². The molecule has 4 heteroatoms. The smallest absolute Gasteiger partial charge is 0.234 e. The number of carbonyl (C=O) groups excluding carboxylic acids is 1. The monoisotopic (exact) mass is 247 g/mol. The molecule has 1 aliphatic rings. The molecule has 1 aromatic rings. The molecule has 2 rings (SSSR count). The lowest BCUT2D eigenvalue weighted by atomic mass is 10.0. The van der Waals surface area contributed by atoms with Crippen LogP contribution in [0, 0.1) is 13.8 Å². The zero-order valence-electron chi connectivity index (χ0n) is 11.1. The molecular weight excluding hydrogens is 226 g/mol. The molecule has 0 saturated carbocycles. The Morgan fingerprint density at radius 2 is 2.17 bits per heavy atom. The van der Waals surface area contributed by atoms with Crippen molar-refractivity contribution in [2.75, 3.05) is 26.2 Å². The predicted octanol–water partition coefficient (Wildman–Crippen LogP) is 0.735. The van der Waals surface area contributed by atoms with Crippen LogP contribution in [0.15, 0.2) is 18.2 Å². The van der Waals surface area contributed by atoms with E-state index in [-0.39, 0.29) is 11.9 Å². The second-order valence-corrected chi connectivity index (χ2v) is 5.04. The number of amides is 1. The highest BCUT2D eigenvalue weighted by molar-refractivity contribution is 5.78. The Bertz CT molecular complexity index is 445. The van der Waals surface area contributed by atoms with E-state index in [1.54, 1.807) is 0 Å². The average Bonchev–Trinajstić information content (AvgIpc) is 2.32. The highest BCUT2D eigenvalue weighted by Crippen LogP contribution is 2.16. The molecule has 0 radical (unpaired) electrons. The number of nitrogens with one attached hydrogen (secondary N) is 1. The van der Waals surface area contributed by atoms with Crippen LogP contribution in [0.3, 0.4) is 0 Å². The molecular formula is C14H21N3O. The predicted molar refractivity (Wildman–Crippen MR) is 72.3 cm³/mol. The van der Waals surface area contributed by atoms with Crippen LogP contribution >= 0.6 is 0 Å². The summed E-state index contributed by atoms with van der Waals surface area (Å²) in [4.78, 5) is 13.4. The van der Waals surface area contributed by atoms with Crippen molar-refractivity contribution >= 4 is 5.91 Å². The SMILES string of the molecule is Cc1ccc(C(N)CN2CCNC(=O)C2)cc1C. The molecule has 1 saturated heterocycles. The van der Waals surface area contributed by atoms with Crippen LogP contribution in [0.5, 0.6) is 0 Å². The standard InChI is InChI=1S/C14H21N3O/c1-10-3-4-12(7-11(10)2)13(15)8-17-6-5-16-14(18)9-17/h3-4,7,13H,5-6,8-9,15H2,1-2H3,(H,16,18). The first-order valence-electron chi connectivity index (χ1n) is 6.38. The largest absolute Gasteiger partial charge is 0.354 e. The van der Waals surface area contributed by atoms with Crippen LogP contribution in [0.2, 0.25) is 0 Å². The third-order valence-electron chi connectivity index (χ3n) is 3.53. The number of hydrogen-bond donors (Lipinski definition) is 2. The minimum atomic E-state index is -0.0322. The van der Waals surface area contributed by atoms with Crippen LogP contribution in [-0.2, 0) is 4.79 Å². The van der Waals surface area contributed by atoms with Gasteiger partial charge in [-0.3, -0.25) is 9.69 Å². The molecule has 98 valence electrons. The van der Waals surface area contributed by atoms with Gasteiger partial charge in [0.05, 0.1) is 6.54 Å². The maximum atomic E-state index is 11.3. The number of carbonyl (C=O) groups is 1. The molecule has 18 heavy (non-hydrogen) atoms. The summed E-state index contributed by atoms with van der Waals surface area (Å²) in [6.07, 6.45) is 0. The summed E-state index contributed by atoms with van der Waals surface area (Å²) >= 11 is 0. The summed E-state index contributed by atoms with van der Waals surface area (Å²) in [7, 11) is 0. The normalized spacial score (nSPS) is 18.5. The summed E-state index contributed by atoms with van der Waals surface area (Å²) in [5.74, 6) is 0.0912. The first kappa shape index (κ1) is 13.1. The van der Waals surface area contributed by atoms with Crippen molar-refractivity contribution in [2.24, 2.45) is 5.73 Å². The molecule has 1 amide bonds. The lowest BCUT2D eigenvalue weighted by molar-refractivity contribution is -0.124. The van der Waals surface area contributed by atoms with Crippen LogP contribution in [0.25, 0.3) is 0 Å². The zero-order valence-corrected chi connectivity index (χ0v) is 11.1. The molecule has 1 heterocycles.